The third-order valence-corrected chi connectivity index (χ3v) is 3.96. The number of anilines is 1. The lowest BCUT2D eigenvalue weighted by molar-refractivity contribution is 0.0947. The fourth-order valence-electron chi connectivity index (χ4n) is 2.58. The van der Waals surface area contributed by atoms with Gasteiger partial charge in [-0.1, -0.05) is 18.2 Å². The third-order valence-electron chi connectivity index (χ3n) is 3.96. The van der Waals surface area contributed by atoms with Crippen LogP contribution in [0.1, 0.15) is 15.9 Å². The average Bonchev–Trinajstić information content (AvgIpc) is 3.18. The fraction of sp³-hybridized carbons (Fsp3) is 0.0500. The van der Waals surface area contributed by atoms with Crippen LogP contribution in [-0.2, 0) is 6.54 Å². The number of hydrogen-bond donors (Lipinski definition) is 1. The lowest BCUT2D eigenvalue weighted by Gasteiger charge is -2.07. The predicted molar refractivity (Wildman–Crippen MR) is 101 cm³/mol. The number of rotatable bonds is 5. The molecule has 0 aliphatic rings. The lowest BCUT2D eigenvalue weighted by Crippen LogP contribution is -2.17. The van der Waals surface area contributed by atoms with Gasteiger partial charge < -0.3 is 5.32 Å². The molecule has 0 unspecified atom stereocenters. The van der Waals surface area contributed by atoms with Gasteiger partial charge in [-0.2, -0.15) is 9.67 Å². The summed E-state index contributed by atoms with van der Waals surface area (Å²) in [6, 6.07) is 16.4. The minimum atomic E-state index is -0.249. The molecule has 4 rings (SSSR count). The first-order valence-corrected chi connectivity index (χ1v) is 8.41. The second-order valence-electron chi connectivity index (χ2n) is 5.79. The van der Waals surface area contributed by atoms with Crippen molar-refractivity contribution in [3.63, 3.8) is 0 Å². The van der Waals surface area contributed by atoms with Crippen LogP contribution >= 0.6 is 0 Å². The van der Waals surface area contributed by atoms with Gasteiger partial charge in [0.25, 0.3) is 5.91 Å². The van der Waals surface area contributed by atoms with Gasteiger partial charge in [-0.05, 0) is 42.0 Å². The number of nitrogens with one attached hydrogen (secondary N) is 1. The van der Waals surface area contributed by atoms with Crippen LogP contribution in [0.5, 0.6) is 0 Å². The summed E-state index contributed by atoms with van der Waals surface area (Å²) >= 11 is 0. The Kier molecular flexibility index (Phi) is 4.65. The van der Waals surface area contributed by atoms with Crippen LogP contribution < -0.4 is 5.32 Å². The average molecular weight is 356 g/mol. The van der Waals surface area contributed by atoms with Gasteiger partial charge in [0.2, 0.25) is 5.95 Å². The molecule has 0 atom stereocenters. The first-order valence-electron chi connectivity index (χ1n) is 8.41. The lowest BCUT2D eigenvalue weighted by atomic mass is 10.2. The molecule has 0 amide bonds. The molecule has 0 fully saturated rings. The van der Waals surface area contributed by atoms with Gasteiger partial charge in [-0.3, -0.25) is 14.8 Å². The Morgan fingerprint density at radius 3 is 2.26 bits per heavy atom. The molecule has 0 saturated carbocycles. The highest BCUT2D eigenvalue weighted by Gasteiger charge is 2.18. The molecular formula is C20H16N6O. The van der Waals surface area contributed by atoms with E-state index in [-0.39, 0.29) is 5.91 Å². The first kappa shape index (κ1) is 16.6. The van der Waals surface area contributed by atoms with Gasteiger partial charge in [0.1, 0.15) is 0 Å². The molecule has 0 bridgehead atoms. The maximum atomic E-state index is 12.9. The van der Waals surface area contributed by atoms with Crippen molar-refractivity contribution in [3.05, 3.63) is 90.5 Å². The van der Waals surface area contributed by atoms with Crippen LogP contribution in [-0.4, -0.2) is 30.6 Å². The number of carbonyl (C=O) groups excluding carboxylic acids is 1. The molecule has 132 valence electrons. The Balaban J connectivity index is 1.69. The summed E-state index contributed by atoms with van der Waals surface area (Å²) in [6.07, 6.45) is 6.77. The number of benzene rings is 1. The Labute approximate surface area is 155 Å². The maximum Gasteiger partial charge on any atom is 0.281 e. The molecule has 4 aromatic rings. The van der Waals surface area contributed by atoms with E-state index in [2.05, 4.69) is 25.4 Å². The number of hydrogen-bond acceptors (Lipinski definition) is 6. The molecule has 0 spiro atoms. The minimum Gasteiger partial charge on any atom is -0.350 e. The molecule has 1 N–H and O–H groups in total. The van der Waals surface area contributed by atoms with Gasteiger partial charge in [0.15, 0.2) is 5.82 Å². The summed E-state index contributed by atoms with van der Waals surface area (Å²) in [5.41, 5.74) is 2.35. The number of aromatic nitrogens is 5. The van der Waals surface area contributed by atoms with Crippen LogP contribution in [0.25, 0.3) is 11.4 Å². The zero-order valence-electron chi connectivity index (χ0n) is 14.4. The topological polar surface area (TPSA) is 85.6 Å². The van der Waals surface area contributed by atoms with E-state index in [4.69, 9.17) is 0 Å². The van der Waals surface area contributed by atoms with E-state index < -0.39 is 0 Å². The van der Waals surface area contributed by atoms with Crippen molar-refractivity contribution in [2.75, 3.05) is 5.32 Å². The van der Waals surface area contributed by atoms with E-state index in [0.717, 1.165) is 11.1 Å². The highest BCUT2D eigenvalue weighted by molar-refractivity contribution is 5.97. The second kappa shape index (κ2) is 7.57. The molecule has 7 nitrogen and oxygen atoms in total. The summed E-state index contributed by atoms with van der Waals surface area (Å²) in [5, 5.41) is 7.62. The number of pyridine rings is 2. The van der Waals surface area contributed by atoms with E-state index in [9.17, 15) is 4.79 Å². The zero-order valence-corrected chi connectivity index (χ0v) is 14.4. The largest absolute Gasteiger partial charge is 0.350 e. The molecule has 0 saturated heterocycles. The Hall–Kier alpha value is -3.87. The van der Waals surface area contributed by atoms with Crippen LogP contribution in [0, 0.1) is 0 Å². The molecule has 3 heterocycles. The summed E-state index contributed by atoms with van der Waals surface area (Å²) < 4.78 is 1.30. The summed E-state index contributed by atoms with van der Waals surface area (Å²) in [6.45, 7) is 0.499. The summed E-state index contributed by atoms with van der Waals surface area (Å²) in [7, 11) is 0. The van der Waals surface area contributed by atoms with Crippen molar-refractivity contribution in [1.82, 2.24) is 24.7 Å². The van der Waals surface area contributed by atoms with E-state index in [1.807, 2.05) is 30.3 Å². The van der Waals surface area contributed by atoms with Gasteiger partial charge in [0.05, 0.1) is 0 Å². The van der Waals surface area contributed by atoms with Crippen LogP contribution in [0.4, 0.5) is 5.95 Å². The molecule has 0 aliphatic heterocycles. The molecule has 0 radical (unpaired) electrons. The van der Waals surface area contributed by atoms with E-state index >= 15 is 0 Å². The van der Waals surface area contributed by atoms with Gasteiger partial charge in [0, 0.05) is 42.5 Å². The highest BCUT2D eigenvalue weighted by Crippen LogP contribution is 2.18. The Bertz CT molecular complexity index is 1030. The summed E-state index contributed by atoms with van der Waals surface area (Å²) in [4.78, 5) is 25.5. The SMILES string of the molecule is O=C(c1ccccc1)n1nc(-c2ccncc2)nc1NCc1ccncc1. The van der Waals surface area contributed by atoms with Gasteiger partial charge in [-0.25, -0.2) is 0 Å². The quantitative estimate of drug-likeness (QED) is 0.591. The molecule has 27 heavy (non-hydrogen) atoms. The number of carbonyl (C=O) groups is 1. The minimum absolute atomic E-state index is 0.249. The van der Waals surface area contributed by atoms with Crippen molar-refractivity contribution in [3.8, 4) is 11.4 Å². The standard InChI is InChI=1S/C20H16N6O/c27-19(17-4-2-1-3-5-17)26-20(23-14-15-6-10-21-11-7-15)24-18(25-26)16-8-12-22-13-9-16/h1-13H,14H2,(H,23,24,25). The third kappa shape index (κ3) is 3.72. The molecule has 0 aliphatic carbocycles. The highest BCUT2D eigenvalue weighted by atomic mass is 16.2. The molecule has 7 heteroatoms. The molecule has 1 aromatic carbocycles. The van der Waals surface area contributed by atoms with Crippen molar-refractivity contribution < 1.29 is 4.79 Å². The maximum absolute atomic E-state index is 12.9. The van der Waals surface area contributed by atoms with Crippen LogP contribution in [0.2, 0.25) is 0 Å². The number of nitrogens with zero attached hydrogens (tertiary/aromatic N) is 5. The van der Waals surface area contributed by atoms with E-state index in [1.54, 1.807) is 49.1 Å². The van der Waals surface area contributed by atoms with Crippen LogP contribution in [0.15, 0.2) is 79.4 Å². The zero-order chi connectivity index (χ0) is 18.5. The fourth-order valence-corrected chi connectivity index (χ4v) is 2.58. The Morgan fingerprint density at radius 1 is 0.889 bits per heavy atom. The van der Waals surface area contributed by atoms with E-state index in [1.165, 1.54) is 4.68 Å². The van der Waals surface area contributed by atoms with Gasteiger partial charge >= 0.3 is 0 Å². The smallest absolute Gasteiger partial charge is 0.281 e. The van der Waals surface area contributed by atoms with Crippen molar-refractivity contribution in [2.45, 2.75) is 6.54 Å². The normalized spacial score (nSPS) is 10.5. The molecule has 3 aromatic heterocycles. The van der Waals surface area contributed by atoms with Crippen molar-refractivity contribution in [2.24, 2.45) is 0 Å². The first-order chi connectivity index (χ1) is 13.3. The van der Waals surface area contributed by atoms with Gasteiger partial charge in [-0.15, -0.1) is 5.10 Å². The monoisotopic (exact) mass is 356 g/mol. The van der Waals surface area contributed by atoms with Crippen LogP contribution in [0.3, 0.4) is 0 Å². The second-order valence-corrected chi connectivity index (χ2v) is 5.79. The Morgan fingerprint density at radius 2 is 1.56 bits per heavy atom. The predicted octanol–water partition coefficient (Wildman–Crippen LogP) is 3.04. The van der Waals surface area contributed by atoms with Crippen molar-refractivity contribution in [1.29, 1.82) is 0 Å². The summed E-state index contributed by atoms with van der Waals surface area (Å²) in [5.74, 6) is 0.590. The van der Waals surface area contributed by atoms with E-state index in [0.29, 0.717) is 23.9 Å². The van der Waals surface area contributed by atoms with Crippen molar-refractivity contribution >= 4 is 11.9 Å². The molecular weight excluding hydrogens is 340 g/mol.